The highest BCUT2D eigenvalue weighted by molar-refractivity contribution is 6.53. The van der Waals surface area contributed by atoms with E-state index >= 15 is 0 Å². The quantitative estimate of drug-likeness (QED) is 0.653. The van der Waals surface area contributed by atoms with Crippen molar-refractivity contribution in [3.05, 3.63) is 34.6 Å². The molecule has 1 aliphatic carbocycles. The van der Waals surface area contributed by atoms with Gasteiger partial charge in [0.25, 0.3) is 5.56 Å². The van der Waals surface area contributed by atoms with Crippen LogP contribution < -0.4 is 16.4 Å². The van der Waals surface area contributed by atoms with Gasteiger partial charge in [-0.1, -0.05) is 12.1 Å². The van der Waals surface area contributed by atoms with Crippen LogP contribution in [0.15, 0.2) is 29.1 Å². The summed E-state index contributed by atoms with van der Waals surface area (Å²) < 4.78 is 0.395. The predicted octanol–water partition coefficient (Wildman–Crippen LogP) is 2.44. The van der Waals surface area contributed by atoms with Crippen LogP contribution >= 0.6 is 23.2 Å². The fourth-order valence-corrected chi connectivity index (χ4v) is 3.16. The van der Waals surface area contributed by atoms with Gasteiger partial charge in [-0.2, -0.15) is 0 Å². The molecule has 1 atom stereocenters. The summed E-state index contributed by atoms with van der Waals surface area (Å²) in [6.07, 6.45) is 0.377. The molecule has 1 heterocycles. The zero-order valence-electron chi connectivity index (χ0n) is 12.7. The average Bonchev–Trinajstić information content (AvgIpc) is 3.05. The third kappa shape index (κ3) is 2.56. The topological polar surface area (TPSA) is 76.0 Å². The molecule has 1 aromatic heterocycles. The van der Waals surface area contributed by atoms with Crippen molar-refractivity contribution in [2.75, 3.05) is 5.43 Å². The molecule has 1 aromatic carbocycles. The second-order valence-corrected chi connectivity index (χ2v) is 7.28. The number of anilines is 1. The van der Waals surface area contributed by atoms with E-state index in [1.807, 2.05) is 6.92 Å². The number of nitrogens with one attached hydrogen (secondary N) is 2. The van der Waals surface area contributed by atoms with E-state index in [1.165, 1.54) is 4.57 Å². The van der Waals surface area contributed by atoms with Gasteiger partial charge in [-0.05, 0) is 32.4 Å². The van der Waals surface area contributed by atoms with E-state index < -0.39 is 9.75 Å². The molecule has 6 nitrogen and oxygen atoms in total. The summed E-state index contributed by atoms with van der Waals surface area (Å²) in [5.74, 6) is -0.0731. The molecule has 122 valence electrons. The first-order valence-corrected chi connectivity index (χ1v) is 7.99. The van der Waals surface area contributed by atoms with Crippen LogP contribution in [0.25, 0.3) is 10.9 Å². The van der Waals surface area contributed by atoms with Crippen LogP contribution in [0.3, 0.4) is 0 Å². The van der Waals surface area contributed by atoms with Crippen molar-refractivity contribution in [3.63, 3.8) is 0 Å². The molecule has 0 spiro atoms. The number of aromatic nitrogens is 2. The van der Waals surface area contributed by atoms with E-state index in [4.69, 9.17) is 23.2 Å². The Balaban J connectivity index is 1.89. The van der Waals surface area contributed by atoms with Crippen molar-refractivity contribution in [2.45, 2.75) is 31.1 Å². The highest BCUT2D eigenvalue weighted by Crippen LogP contribution is 2.63. The van der Waals surface area contributed by atoms with Crippen molar-refractivity contribution in [2.24, 2.45) is 5.41 Å². The number of fused-ring (bicyclic) bond motifs is 1. The molecule has 0 bridgehead atoms. The zero-order valence-corrected chi connectivity index (χ0v) is 14.2. The number of halogens is 2. The maximum absolute atomic E-state index is 12.5. The van der Waals surface area contributed by atoms with Gasteiger partial charge in [0.15, 0.2) is 0 Å². The number of benzene rings is 1. The molecule has 8 heteroatoms. The number of alkyl halides is 2. The Hall–Kier alpha value is -1.79. The Bertz CT molecular complexity index is 849. The zero-order chi connectivity index (χ0) is 16.8. The smallest absolute Gasteiger partial charge is 0.262 e. The minimum atomic E-state index is -1.06. The first-order chi connectivity index (χ1) is 10.8. The van der Waals surface area contributed by atoms with Gasteiger partial charge in [-0.3, -0.25) is 25.0 Å². The second-order valence-electron chi connectivity index (χ2n) is 5.79. The van der Waals surface area contributed by atoms with E-state index in [0.29, 0.717) is 23.9 Å². The summed E-state index contributed by atoms with van der Waals surface area (Å²) in [7, 11) is 0. The Morgan fingerprint density at radius 3 is 2.65 bits per heavy atom. The third-order valence-electron chi connectivity index (χ3n) is 4.22. The molecule has 1 amide bonds. The summed E-state index contributed by atoms with van der Waals surface area (Å²) in [5, 5.41) is 0.529. The number of para-hydroxylation sites is 1. The highest BCUT2D eigenvalue weighted by Gasteiger charge is 2.68. The summed E-state index contributed by atoms with van der Waals surface area (Å²) >= 11 is 12.0. The van der Waals surface area contributed by atoms with Crippen molar-refractivity contribution in [1.29, 1.82) is 0 Å². The Morgan fingerprint density at radius 2 is 2.04 bits per heavy atom. The normalized spacial score (nSPS) is 21.9. The van der Waals surface area contributed by atoms with Gasteiger partial charge in [-0.25, -0.2) is 4.98 Å². The fourth-order valence-electron chi connectivity index (χ4n) is 2.45. The molecule has 1 saturated carbocycles. The summed E-state index contributed by atoms with van der Waals surface area (Å²) in [6, 6.07) is 7.05. The van der Waals surface area contributed by atoms with Crippen molar-refractivity contribution >= 4 is 46.0 Å². The van der Waals surface area contributed by atoms with Crippen LogP contribution in [0.1, 0.15) is 20.3 Å². The molecule has 3 rings (SSSR count). The largest absolute Gasteiger partial charge is 0.277 e. The van der Waals surface area contributed by atoms with E-state index in [2.05, 4.69) is 15.8 Å². The number of hydrazine groups is 1. The molecule has 0 saturated heterocycles. The monoisotopic (exact) mass is 354 g/mol. The lowest BCUT2D eigenvalue weighted by Crippen LogP contribution is -2.39. The van der Waals surface area contributed by atoms with Crippen LogP contribution in [0, 0.1) is 5.41 Å². The van der Waals surface area contributed by atoms with Gasteiger partial charge >= 0.3 is 0 Å². The third-order valence-corrected chi connectivity index (χ3v) is 5.33. The molecule has 0 aliphatic heterocycles. The lowest BCUT2D eigenvalue weighted by atomic mass is 10.1. The van der Waals surface area contributed by atoms with Crippen LogP contribution in [0.4, 0.5) is 5.95 Å². The molecule has 0 unspecified atom stereocenters. The summed E-state index contributed by atoms with van der Waals surface area (Å²) in [4.78, 5) is 29.1. The molecule has 2 aromatic rings. The Kier molecular flexibility index (Phi) is 3.77. The molecular weight excluding hydrogens is 339 g/mol. The molecule has 1 fully saturated rings. The van der Waals surface area contributed by atoms with Crippen molar-refractivity contribution in [3.8, 4) is 0 Å². The van der Waals surface area contributed by atoms with Gasteiger partial charge < -0.3 is 0 Å². The van der Waals surface area contributed by atoms with Crippen LogP contribution in [0.5, 0.6) is 0 Å². The van der Waals surface area contributed by atoms with Crippen molar-refractivity contribution in [1.82, 2.24) is 15.0 Å². The number of hydrogen-bond acceptors (Lipinski definition) is 4. The Morgan fingerprint density at radius 1 is 1.39 bits per heavy atom. The van der Waals surface area contributed by atoms with E-state index in [9.17, 15) is 9.59 Å². The van der Waals surface area contributed by atoms with E-state index in [1.54, 1.807) is 31.2 Å². The SMILES string of the molecule is CCn1c(NNC(=O)[C@@]2(C)CC2(Cl)Cl)nc2ccccc2c1=O. The van der Waals surface area contributed by atoms with Gasteiger partial charge in [0.2, 0.25) is 11.9 Å². The molecule has 0 radical (unpaired) electrons. The van der Waals surface area contributed by atoms with Gasteiger partial charge in [-0.15, -0.1) is 23.2 Å². The number of hydrogen-bond donors (Lipinski definition) is 2. The number of nitrogens with zero attached hydrogens (tertiary/aromatic N) is 2. The predicted molar refractivity (Wildman–Crippen MR) is 90.6 cm³/mol. The van der Waals surface area contributed by atoms with Gasteiger partial charge in [0.05, 0.1) is 16.3 Å². The molecule has 1 aliphatic rings. The van der Waals surface area contributed by atoms with Gasteiger partial charge in [0.1, 0.15) is 4.33 Å². The number of amides is 1. The molecule has 23 heavy (non-hydrogen) atoms. The Labute approximate surface area is 142 Å². The lowest BCUT2D eigenvalue weighted by Gasteiger charge is -2.16. The second kappa shape index (κ2) is 5.39. The first-order valence-electron chi connectivity index (χ1n) is 7.24. The average molecular weight is 355 g/mol. The molecule has 2 N–H and O–H groups in total. The maximum Gasteiger partial charge on any atom is 0.262 e. The van der Waals surface area contributed by atoms with Crippen LogP contribution in [0.2, 0.25) is 0 Å². The number of rotatable bonds is 4. The van der Waals surface area contributed by atoms with E-state index in [0.717, 1.165) is 0 Å². The van der Waals surface area contributed by atoms with Crippen molar-refractivity contribution < 1.29 is 4.79 Å². The maximum atomic E-state index is 12.5. The first kappa shape index (κ1) is 16.1. The minimum absolute atomic E-state index is 0.170. The minimum Gasteiger partial charge on any atom is -0.277 e. The lowest BCUT2D eigenvalue weighted by molar-refractivity contribution is -0.125. The van der Waals surface area contributed by atoms with E-state index in [-0.39, 0.29) is 17.4 Å². The summed E-state index contributed by atoms with van der Waals surface area (Å²) in [5.41, 5.74) is 4.80. The summed E-state index contributed by atoms with van der Waals surface area (Å²) in [6.45, 7) is 3.93. The number of carbonyl (C=O) groups is 1. The standard InChI is InChI=1S/C15H16Cl2N4O2/c1-3-21-11(22)9-6-4-5-7-10(9)18-13(21)20-19-12(23)14(2)8-15(14,16)17/h4-7H,3,8H2,1-2H3,(H,18,20)(H,19,23)/t14-/m1/s1. The van der Waals surface area contributed by atoms with Crippen LogP contribution in [-0.4, -0.2) is 19.8 Å². The fraction of sp³-hybridized carbons (Fsp3) is 0.400. The molecular formula is C15H16Cl2N4O2. The highest BCUT2D eigenvalue weighted by atomic mass is 35.5. The number of carbonyl (C=O) groups excluding carboxylic acids is 1. The van der Waals surface area contributed by atoms with Crippen LogP contribution in [-0.2, 0) is 11.3 Å². The van der Waals surface area contributed by atoms with Gasteiger partial charge in [0, 0.05) is 6.54 Å².